The molecule has 1 saturated heterocycles. The zero-order valence-electron chi connectivity index (χ0n) is 22.3. The van der Waals surface area contributed by atoms with Crippen molar-refractivity contribution >= 4 is 11.7 Å². The zero-order chi connectivity index (χ0) is 25.1. The summed E-state index contributed by atoms with van der Waals surface area (Å²) in [5, 5.41) is 3.29. The Balaban J connectivity index is 1.01. The van der Waals surface area contributed by atoms with E-state index in [0.717, 1.165) is 75.1 Å². The lowest BCUT2D eigenvalue weighted by atomic mass is 9.83. The van der Waals surface area contributed by atoms with Gasteiger partial charge in [-0.05, 0) is 73.7 Å². The molecule has 1 aromatic heterocycles. The summed E-state index contributed by atoms with van der Waals surface area (Å²) in [5.74, 6) is 2.89. The van der Waals surface area contributed by atoms with Crippen molar-refractivity contribution in [1.29, 1.82) is 0 Å². The summed E-state index contributed by atoms with van der Waals surface area (Å²) in [7, 11) is 0. The Morgan fingerprint density at radius 1 is 1.03 bits per heavy atom. The second-order valence-electron chi connectivity index (χ2n) is 11.9. The van der Waals surface area contributed by atoms with Gasteiger partial charge in [0, 0.05) is 56.0 Å². The third-order valence-electron chi connectivity index (χ3n) is 8.31. The largest absolute Gasteiger partial charge is 0.489 e. The van der Waals surface area contributed by atoms with E-state index >= 15 is 0 Å². The molecule has 2 fully saturated rings. The Kier molecular flexibility index (Phi) is 7.52. The van der Waals surface area contributed by atoms with Crippen molar-refractivity contribution in [1.82, 2.24) is 15.2 Å². The Labute approximate surface area is 216 Å². The number of carbonyl (C=O) groups is 1. The number of rotatable bonds is 6. The van der Waals surface area contributed by atoms with Crippen molar-refractivity contribution in [3.8, 4) is 5.75 Å². The Hall–Kier alpha value is -2.60. The van der Waals surface area contributed by atoms with Gasteiger partial charge in [0.1, 0.15) is 0 Å². The summed E-state index contributed by atoms with van der Waals surface area (Å²) in [4.78, 5) is 22.4. The van der Waals surface area contributed by atoms with E-state index in [1.165, 1.54) is 36.9 Å². The molecule has 1 N–H and O–H groups in total. The molecule has 5 rings (SSSR count). The van der Waals surface area contributed by atoms with Gasteiger partial charge in [-0.3, -0.25) is 9.69 Å². The van der Waals surface area contributed by atoms with E-state index in [1.807, 2.05) is 18.3 Å². The monoisotopic (exact) mass is 490 g/mol. The fourth-order valence-electron chi connectivity index (χ4n) is 5.85. The number of amides is 1. The molecule has 6 nitrogen and oxygen atoms in total. The normalized spacial score (nSPS) is 22.7. The van der Waals surface area contributed by atoms with Crippen LogP contribution in [0.1, 0.15) is 74.4 Å². The number of nitrogens with one attached hydrogen (secondary N) is 1. The topological polar surface area (TPSA) is 57.7 Å². The number of fused-ring (bicyclic) bond motifs is 1. The van der Waals surface area contributed by atoms with Crippen LogP contribution in [0.3, 0.4) is 0 Å². The molecule has 6 heteroatoms. The smallest absolute Gasteiger partial charge is 0.251 e. The molecule has 2 aromatic rings. The first-order valence-electron chi connectivity index (χ1n) is 13.9. The van der Waals surface area contributed by atoms with Crippen LogP contribution in [0.2, 0.25) is 0 Å². The predicted molar refractivity (Wildman–Crippen MR) is 145 cm³/mol. The molecule has 0 unspecified atom stereocenters. The zero-order valence-corrected chi connectivity index (χ0v) is 22.3. The lowest BCUT2D eigenvalue weighted by molar-refractivity contribution is 0.0919. The molecular weight excluding hydrogens is 448 g/mol. The molecule has 2 aliphatic heterocycles. The summed E-state index contributed by atoms with van der Waals surface area (Å²) in [6.45, 7) is 12.8. The van der Waals surface area contributed by atoms with Gasteiger partial charge in [0.25, 0.3) is 5.91 Å². The van der Waals surface area contributed by atoms with Crippen LogP contribution in [-0.4, -0.2) is 61.2 Å². The third kappa shape index (κ3) is 5.86. The summed E-state index contributed by atoms with van der Waals surface area (Å²) >= 11 is 0. The van der Waals surface area contributed by atoms with Gasteiger partial charge in [0.2, 0.25) is 0 Å². The first-order valence-corrected chi connectivity index (χ1v) is 13.9. The van der Waals surface area contributed by atoms with Gasteiger partial charge in [-0.25, -0.2) is 4.98 Å². The summed E-state index contributed by atoms with van der Waals surface area (Å²) in [5.41, 5.74) is 3.43. The van der Waals surface area contributed by atoms with Crippen LogP contribution in [-0.2, 0) is 11.8 Å². The molecule has 0 radical (unpaired) electrons. The van der Waals surface area contributed by atoms with E-state index in [2.05, 4.69) is 59.1 Å². The maximum absolute atomic E-state index is 12.7. The SMILES string of the molecule is CC(C)(C)c1ccc(C(=O)NC2CCC(CCN3CCN(c4nccc5c4OCC5)CC3)CC2)cc1. The number of hydrogen-bond acceptors (Lipinski definition) is 5. The van der Waals surface area contributed by atoms with Crippen molar-refractivity contribution in [2.75, 3.05) is 44.2 Å². The fourth-order valence-corrected chi connectivity index (χ4v) is 5.85. The van der Waals surface area contributed by atoms with E-state index in [4.69, 9.17) is 4.74 Å². The molecule has 1 amide bonds. The highest BCUT2D eigenvalue weighted by Crippen LogP contribution is 2.34. The highest BCUT2D eigenvalue weighted by atomic mass is 16.5. The first-order chi connectivity index (χ1) is 17.4. The molecule has 0 atom stereocenters. The van der Waals surface area contributed by atoms with E-state index in [1.54, 1.807) is 0 Å². The number of ether oxygens (including phenoxy) is 1. The van der Waals surface area contributed by atoms with E-state index in [9.17, 15) is 4.79 Å². The summed E-state index contributed by atoms with van der Waals surface area (Å²) in [6, 6.07) is 10.5. The van der Waals surface area contributed by atoms with Gasteiger partial charge in [-0.1, -0.05) is 32.9 Å². The average Bonchev–Trinajstić information content (AvgIpc) is 3.37. The first kappa shape index (κ1) is 25.1. The standard InChI is InChI=1S/C30H42N4O2/c1-30(2,3)25-8-6-24(7-9-25)29(35)32-26-10-4-22(5-11-26)13-16-33-17-19-34(20-18-33)28-27-23(12-15-31-28)14-21-36-27/h6-9,12,15,22,26H,4-5,10-11,13-14,16-21H2,1-3H3,(H,32,35). The maximum atomic E-state index is 12.7. The number of aromatic nitrogens is 1. The van der Waals surface area contributed by atoms with Crippen LogP contribution in [0.4, 0.5) is 5.82 Å². The number of pyridine rings is 1. The van der Waals surface area contributed by atoms with E-state index in [0.29, 0.717) is 6.04 Å². The number of anilines is 1. The highest BCUT2D eigenvalue weighted by Gasteiger charge is 2.27. The molecule has 1 aromatic carbocycles. The van der Waals surface area contributed by atoms with Crippen LogP contribution >= 0.6 is 0 Å². The quantitative estimate of drug-likeness (QED) is 0.630. The molecule has 3 heterocycles. The van der Waals surface area contributed by atoms with Crippen LogP contribution in [0.25, 0.3) is 0 Å². The average molecular weight is 491 g/mol. The Morgan fingerprint density at radius 2 is 1.75 bits per heavy atom. The highest BCUT2D eigenvalue weighted by molar-refractivity contribution is 5.94. The van der Waals surface area contributed by atoms with Gasteiger partial charge in [0.05, 0.1) is 6.61 Å². The van der Waals surface area contributed by atoms with Gasteiger partial charge in [0.15, 0.2) is 11.6 Å². The van der Waals surface area contributed by atoms with Crippen molar-refractivity contribution in [2.45, 2.75) is 70.8 Å². The van der Waals surface area contributed by atoms with Crippen LogP contribution < -0.4 is 15.0 Å². The minimum absolute atomic E-state index is 0.0701. The lowest BCUT2D eigenvalue weighted by Gasteiger charge is -2.37. The second-order valence-corrected chi connectivity index (χ2v) is 11.9. The molecule has 3 aliphatic rings. The molecule has 1 aliphatic carbocycles. The molecule has 0 spiro atoms. The predicted octanol–water partition coefficient (Wildman–Crippen LogP) is 4.81. The molecule has 1 saturated carbocycles. The van der Waals surface area contributed by atoms with Crippen molar-refractivity contribution < 1.29 is 9.53 Å². The van der Waals surface area contributed by atoms with Gasteiger partial charge in [-0.15, -0.1) is 0 Å². The van der Waals surface area contributed by atoms with E-state index in [-0.39, 0.29) is 11.3 Å². The summed E-state index contributed by atoms with van der Waals surface area (Å²) < 4.78 is 5.87. The van der Waals surface area contributed by atoms with Crippen LogP contribution in [0.15, 0.2) is 36.5 Å². The fraction of sp³-hybridized carbons (Fsp3) is 0.600. The third-order valence-corrected chi connectivity index (χ3v) is 8.31. The number of nitrogens with zero attached hydrogens (tertiary/aromatic N) is 3. The minimum atomic E-state index is 0.0701. The minimum Gasteiger partial charge on any atom is -0.489 e. The van der Waals surface area contributed by atoms with Crippen molar-refractivity contribution in [3.05, 3.63) is 53.2 Å². The summed E-state index contributed by atoms with van der Waals surface area (Å²) in [6.07, 6.45) is 8.80. The number of piperazine rings is 1. The Morgan fingerprint density at radius 3 is 2.44 bits per heavy atom. The van der Waals surface area contributed by atoms with Gasteiger partial charge in [-0.2, -0.15) is 0 Å². The van der Waals surface area contributed by atoms with Gasteiger partial charge < -0.3 is 15.0 Å². The van der Waals surface area contributed by atoms with Crippen LogP contribution in [0.5, 0.6) is 5.75 Å². The molecular formula is C30H42N4O2. The maximum Gasteiger partial charge on any atom is 0.251 e. The van der Waals surface area contributed by atoms with Crippen LogP contribution in [0, 0.1) is 5.92 Å². The number of benzene rings is 1. The number of hydrogen-bond donors (Lipinski definition) is 1. The van der Waals surface area contributed by atoms with Crippen molar-refractivity contribution in [2.24, 2.45) is 5.92 Å². The van der Waals surface area contributed by atoms with Gasteiger partial charge >= 0.3 is 0 Å². The van der Waals surface area contributed by atoms with Crippen molar-refractivity contribution in [3.63, 3.8) is 0 Å². The molecule has 194 valence electrons. The lowest BCUT2D eigenvalue weighted by Crippen LogP contribution is -2.47. The molecule has 36 heavy (non-hydrogen) atoms. The second kappa shape index (κ2) is 10.8. The molecule has 0 bridgehead atoms. The Bertz CT molecular complexity index is 1030. The van der Waals surface area contributed by atoms with E-state index < -0.39 is 0 Å². The number of carbonyl (C=O) groups excluding carboxylic acids is 1.